The molecule has 142 valence electrons. The molecule has 0 radical (unpaired) electrons. The first-order chi connectivity index (χ1) is 14.1. The van der Waals surface area contributed by atoms with Crippen molar-refractivity contribution in [3.8, 4) is 11.1 Å². The Morgan fingerprint density at radius 1 is 0.931 bits per heavy atom. The van der Waals surface area contributed by atoms with Crippen LogP contribution in [-0.4, -0.2) is 35.2 Å². The molecule has 0 saturated heterocycles. The molecule has 0 spiro atoms. The molecule has 5 rings (SSSR count). The van der Waals surface area contributed by atoms with E-state index in [0.29, 0.717) is 11.4 Å². The molecule has 0 unspecified atom stereocenters. The fourth-order valence-corrected chi connectivity index (χ4v) is 3.29. The highest BCUT2D eigenvalue weighted by atomic mass is 16.1. The van der Waals surface area contributed by atoms with Crippen LogP contribution in [0.2, 0.25) is 0 Å². The molecule has 1 amide bonds. The molecule has 4 aromatic heterocycles. The third-order valence-corrected chi connectivity index (χ3v) is 4.84. The van der Waals surface area contributed by atoms with E-state index >= 15 is 0 Å². The first-order valence-corrected chi connectivity index (χ1v) is 9.04. The van der Waals surface area contributed by atoms with Gasteiger partial charge in [0.15, 0.2) is 0 Å². The molecule has 0 aliphatic heterocycles. The smallest absolute Gasteiger partial charge is 0.256 e. The molecule has 8 nitrogen and oxygen atoms in total. The number of anilines is 1. The van der Waals surface area contributed by atoms with Crippen LogP contribution in [0.25, 0.3) is 33.1 Å². The van der Waals surface area contributed by atoms with Crippen LogP contribution in [0, 0.1) is 0 Å². The summed E-state index contributed by atoms with van der Waals surface area (Å²) in [5, 5.41) is 7.94. The van der Waals surface area contributed by atoms with Crippen LogP contribution in [0.4, 0.5) is 5.82 Å². The fourth-order valence-electron chi connectivity index (χ4n) is 3.29. The molecule has 4 heterocycles. The molecule has 1 N–H and O–H groups in total. The summed E-state index contributed by atoms with van der Waals surface area (Å²) in [6.07, 6.45) is 8.90. The van der Waals surface area contributed by atoms with Crippen molar-refractivity contribution in [2.75, 3.05) is 5.32 Å². The van der Waals surface area contributed by atoms with Gasteiger partial charge in [-0.05, 0) is 30.3 Å². The van der Waals surface area contributed by atoms with Crippen molar-refractivity contribution in [2.45, 2.75) is 0 Å². The molecule has 0 aliphatic rings. The predicted molar refractivity (Wildman–Crippen MR) is 110 cm³/mol. The van der Waals surface area contributed by atoms with Gasteiger partial charge in [-0.1, -0.05) is 0 Å². The lowest BCUT2D eigenvalue weighted by Crippen LogP contribution is -2.12. The van der Waals surface area contributed by atoms with Crippen molar-refractivity contribution in [2.24, 2.45) is 14.1 Å². The number of carbonyl (C=O) groups is 1. The maximum absolute atomic E-state index is 12.7. The summed E-state index contributed by atoms with van der Waals surface area (Å²) in [5.41, 5.74) is 4.96. The number of hydrogen-bond acceptors (Lipinski definition) is 5. The molecule has 8 heteroatoms. The Morgan fingerprint density at radius 2 is 1.83 bits per heavy atom. The molecule has 0 saturated carbocycles. The lowest BCUT2D eigenvalue weighted by molar-refractivity contribution is 0.102. The minimum Gasteiger partial charge on any atom is -0.334 e. The number of nitrogens with one attached hydrogen (secondary N) is 1. The van der Waals surface area contributed by atoms with Gasteiger partial charge >= 0.3 is 0 Å². The quantitative estimate of drug-likeness (QED) is 0.517. The number of nitrogens with zero attached hydrogens (tertiary/aromatic N) is 6. The van der Waals surface area contributed by atoms with Crippen molar-refractivity contribution in [1.29, 1.82) is 0 Å². The first-order valence-electron chi connectivity index (χ1n) is 9.04. The number of imidazole rings is 1. The van der Waals surface area contributed by atoms with E-state index in [1.54, 1.807) is 41.7 Å². The Kier molecular flexibility index (Phi) is 3.83. The van der Waals surface area contributed by atoms with E-state index in [1.165, 1.54) is 0 Å². The summed E-state index contributed by atoms with van der Waals surface area (Å²) in [7, 11) is 3.79. The van der Waals surface area contributed by atoms with Gasteiger partial charge in [0.1, 0.15) is 5.82 Å². The first kappa shape index (κ1) is 17.1. The van der Waals surface area contributed by atoms with Crippen molar-refractivity contribution in [3.63, 3.8) is 0 Å². The molecule has 1 aromatic carbocycles. The Labute approximate surface area is 165 Å². The largest absolute Gasteiger partial charge is 0.334 e. The Bertz CT molecular complexity index is 1380. The summed E-state index contributed by atoms with van der Waals surface area (Å²) in [5.74, 6) is 0.231. The molecule has 0 fully saturated rings. The summed E-state index contributed by atoms with van der Waals surface area (Å²) < 4.78 is 3.66. The molecule has 5 aromatic rings. The van der Waals surface area contributed by atoms with Gasteiger partial charge in [0.25, 0.3) is 5.91 Å². The van der Waals surface area contributed by atoms with E-state index < -0.39 is 0 Å². The molecule has 29 heavy (non-hydrogen) atoms. The average Bonchev–Trinajstić information content (AvgIpc) is 3.33. The predicted octanol–water partition coefficient (Wildman–Crippen LogP) is 3.17. The van der Waals surface area contributed by atoms with E-state index in [-0.39, 0.29) is 5.91 Å². The van der Waals surface area contributed by atoms with Crippen molar-refractivity contribution < 1.29 is 4.79 Å². The number of benzene rings is 1. The molecule has 0 bridgehead atoms. The van der Waals surface area contributed by atoms with E-state index in [4.69, 9.17) is 0 Å². The van der Waals surface area contributed by atoms with Crippen molar-refractivity contribution in [1.82, 2.24) is 29.3 Å². The summed E-state index contributed by atoms with van der Waals surface area (Å²) in [6.45, 7) is 0. The number of pyridine rings is 2. The maximum atomic E-state index is 12.7. The van der Waals surface area contributed by atoms with E-state index in [9.17, 15) is 4.79 Å². The second-order valence-electron chi connectivity index (χ2n) is 6.90. The van der Waals surface area contributed by atoms with Gasteiger partial charge in [-0.3, -0.25) is 14.5 Å². The minimum atomic E-state index is -0.235. The van der Waals surface area contributed by atoms with E-state index in [1.807, 2.05) is 43.1 Å². The number of rotatable bonds is 3. The van der Waals surface area contributed by atoms with Crippen molar-refractivity contribution >= 4 is 33.7 Å². The van der Waals surface area contributed by atoms with Gasteiger partial charge in [0.05, 0.1) is 35.3 Å². The monoisotopic (exact) mass is 383 g/mol. The fraction of sp³-hybridized carbons (Fsp3) is 0.0952. The highest BCUT2D eigenvalue weighted by Crippen LogP contribution is 2.23. The van der Waals surface area contributed by atoms with Crippen LogP contribution in [0.5, 0.6) is 0 Å². The lowest BCUT2D eigenvalue weighted by atomic mass is 10.1. The minimum absolute atomic E-state index is 0.235. The van der Waals surface area contributed by atoms with E-state index in [0.717, 1.165) is 33.1 Å². The SMILES string of the molecule is Cn1cc(-c2cnc3cnc(NC(=O)c4ccc5c(c4)ncn5C)cc3c2)cn1. The third-order valence-electron chi connectivity index (χ3n) is 4.84. The zero-order valence-corrected chi connectivity index (χ0v) is 15.9. The van der Waals surface area contributed by atoms with E-state index in [2.05, 4.69) is 25.4 Å². The van der Waals surface area contributed by atoms with Crippen molar-refractivity contribution in [3.05, 3.63) is 67.0 Å². The number of carbonyl (C=O) groups excluding carboxylic acids is 1. The van der Waals surface area contributed by atoms with Crippen LogP contribution >= 0.6 is 0 Å². The molecule has 0 atom stereocenters. The van der Waals surface area contributed by atoms with Gasteiger partial charge in [-0.2, -0.15) is 5.10 Å². The highest BCUT2D eigenvalue weighted by Gasteiger charge is 2.11. The number of amides is 1. The van der Waals surface area contributed by atoms with Gasteiger partial charge in [0, 0.05) is 48.6 Å². The lowest BCUT2D eigenvalue weighted by Gasteiger charge is -2.07. The Balaban J connectivity index is 1.45. The van der Waals surface area contributed by atoms with Gasteiger partial charge in [0.2, 0.25) is 0 Å². The van der Waals surface area contributed by atoms with Crippen LogP contribution in [0.1, 0.15) is 10.4 Å². The summed E-state index contributed by atoms with van der Waals surface area (Å²) >= 11 is 0. The second-order valence-corrected chi connectivity index (χ2v) is 6.90. The van der Waals surface area contributed by atoms with Crippen LogP contribution in [0.3, 0.4) is 0 Å². The maximum Gasteiger partial charge on any atom is 0.256 e. The summed E-state index contributed by atoms with van der Waals surface area (Å²) in [4.78, 5) is 25.8. The number of aromatic nitrogens is 6. The van der Waals surface area contributed by atoms with Gasteiger partial charge < -0.3 is 9.88 Å². The summed E-state index contributed by atoms with van der Waals surface area (Å²) in [6, 6.07) is 9.27. The topological polar surface area (TPSA) is 90.5 Å². The Morgan fingerprint density at radius 3 is 2.66 bits per heavy atom. The number of aryl methyl sites for hydroxylation is 2. The Hall–Kier alpha value is -4.07. The normalized spacial score (nSPS) is 11.2. The number of hydrogen-bond donors (Lipinski definition) is 1. The second kappa shape index (κ2) is 6.52. The zero-order chi connectivity index (χ0) is 20.0. The zero-order valence-electron chi connectivity index (χ0n) is 15.9. The molecular weight excluding hydrogens is 366 g/mol. The van der Waals surface area contributed by atoms with Crippen LogP contribution < -0.4 is 5.32 Å². The molecular formula is C21H17N7O. The molecule has 0 aliphatic carbocycles. The van der Waals surface area contributed by atoms with Crippen LogP contribution in [-0.2, 0) is 14.1 Å². The van der Waals surface area contributed by atoms with Gasteiger partial charge in [-0.15, -0.1) is 0 Å². The third kappa shape index (κ3) is 3.10. The highest BCUT2D eigenvalue weighted by molar-refractivity contribution is 6.06. The number of fused-ring (bicyclic) bond motifs is 2. The standard InChI is InChI=1S/C21H17N7O/c1-27-12-24-17-6-13(3-4-19(17)27)21(29)26-20-7-14-5-15(8-22-18(14)10-23-20)16-9-25-28(2)11-16/h3-12H,1-2H3,(H,23,26,29). The van der Waals surface area contributed by atoms with Gasteiger partial charge in [-0.25, -0.2) is 9.97 Å². The van der Waals surface area contributed by atoms with Crippen LogP contribution in [0.15, 0.2) is 61.4 Å². The average molecular weight is 383 g/mol.